The molecule has 2 aromatic rings. The Morgan fingerprint density at radius 1 is 1.32 bits per heavy atom. The average Bonchev–Trinajstić information content (AvgIpc) is 3.00. The summed E-state index contributed by atoms with van der Waals surface area (Å²) in [4.78, 5) is 25.3. The van der Waals surface area contributed by atoms with Gasteiger partial charge in [0, 0.05) is 17.0 Å². The summed E-state index contributed by atoms with van der Waals surface area (Å²) in [5.74, 6) is 0.354. The maximum atomic E-state index is 11.9. The fraction of sp³-hybridized carbons (Fsp3) is 0.476. The van der Waals surface area contributed by atoms with Gasteiger partial charge in [-0.05, 0) is 23.5 Å². The SMILES string of the molecule is CC(C)c1cc(C(C)C)n2cc[n+](CC3=C(C(=O)O)N4C(=O)C[C@H]4SC3)cc12. The zero-order chi connectivity index (χ0) is 20.2. The van der Waals surface area contributed by atoms with Crippen LogP contribution in [0.1, 0.15) is 57.2 Å². The Kier molecular flexibility index (Phi) is 4.73. The second kappa shape index (κ2) is 6.95. The first-order valence-corrected chi connectivity index (χ1v) is 10.8. The summed E-state index contributed by atoms with van der Waals surface area (Å²) in [6.45, 7) is 9.24. The lowest BCUT2D eigenvalue weighted by Gasteiger charge is -2.43. The molecule has 0 saturated carbocycles. The third-order valence-electron chi connectivity index (χ3n) is 5.55. The van der Waals surface area contributed by atoms with Crippen LogP contribution < -0.4 is 4.57 Å². The number of carbonyl (C=O) groups is 2. The van der Waals surface area contributed by atoms with Gasteiger partial charge in [-0.2, -0.15) is 4.57 Å². The molecule has 0 aliphatic carbocycles. The van der Waals surface area contributed by atoms with Gasteiger partial charge in [0.1, 0.15) is 11.2 Å². The van der Waals surface area contributed by atoms with E-state index < -0.39 is 5.97 Å². The number of amides is 1. The second-order valence-electron chi connectivity index (χ2n) is 8.18. The van der Waals surface area contributed by atoms with Crippen LogP contribution in [0, 0.1) is 0 Å². The predicted molar refractivity (Wildman–Crippen MR) is 108 cm³/mol. The number of rotatable bonds is 5. The molecule has 2 aromatic heterocycles. The average molecular weight is 401 g/mol. The van der Waals surface area contributed by atoms with Crippen LogP contribution in [0.4, 0.5) is 0 Å². The molecule has 1 saturated heterocycles. The van der Waals surface area contributed by atoms with Crippen LogP contribution in [0.2, 0.25) is 0 Å². The molecule has 0 unspecified atom stereocenters. The molecule has 1 amide bonds. The van der Waals surface area contributed by atoms with E-state index in [1.807, 2.05) is 10.8 Å². The van der Waals surface area contributed by atoms with Crippen molar-refractivity contribution >= 4 is 29.2 Å². The van der Waals surface area contributed by atoms with E-state index in [0.29, 0.717) is 30.6 Å². The molecule has 6 nitrogen and oxygen atoms in total. The predicted octanol–water partition coefficient (Wildman–Crippen LogP) is 3.12. The fourth-order valence-electron chi connectivity index (χ4n) is 4.06. The van der Waals surface area contributed by atoms with Gasteiger partial charge in [-0.25, -0.2) is 4.79 Å². The molecule has 28 heavy (non-hydrogen) atoms. The summed E-state index contributed by atoms with van der Waals surface area (Å²) in [5, 5.41) is 9.69. The highest BCUT2D eigenvalue weighted by molar-refractivity contribution is 8.00. The number of carbonyl (C=O) groups excluding carboxylic acids is 1. The lowest BCUT2D eigenvalue weighted by molar-refractivity contribution is -0.688. The lowest BCUT2D eigenvalue weighted by Crippen LogP contribution is -2.54. The van der Waals surface area contributed by atoms with E-state index in [-0.39, 0.29) is 17.0 Å². The van der Waals surface area contributed by atoms with Crippen molar-refractivity contribution in [3.8, 4) is 0 Å². The van der Waals surface area contributed by atoms with Crippen LogP contribution in [0.3, 0.4) is 0 Å². The quantitative estimate of drug-likeness (QED) is 0.619. The van der Waals surface area contributed by atoms with Crippen LogP contribution in [0.15, 0.2) is 35.9 Å². The van der Waals surface area contributed by atoms with Crippen LogP contribution >= 0.6 is 11.8 Å². The van der Waals surface area contributed by atoms with Gasteiger partial charge in [-0.3, -0.25) is 9.69 Å². The molecular formula is C21H26N3O3S+. The van der Waals surface area contributed by atoms with E-state index in [9.17, 15) is 14.7 Å². The third kappa shape index (κ3) is 3.02. The van der Waals surface area contributed by atoms with Crippen molar-refractivity contribution in [1.82, 2.24) is 9.30 Å². The zero-order valence-corrected chi connectivity index (χ0v) is 17.5. The topological polar surface area (TPSA) is 65.9 Å². The van der Waals surface area contributed by atoms with Gasteiger partial charge >= 0.3 is 5.97 Å². The number of hydrogen-bond donors (Lipinski definition) is 1. The summed E-state index contributed by atoms with van der Waals surface area (Å²) >= 11 is 1.65. The van der Waals surface area contributed by atoms with E-state index in [1.54, 1.807) is 11.8 Å². The number of carboxylic acids is 1. The minimum Gasteiger partial charge on any atom is -0.477 e. The van der Waals surface area contributed by atoms with E-state index >= 15 is 0 Å². The fourth-order valence-corrected chi connectivity index (χ4v) is 5.32. The first-order valence-electron chi connectivity index (χ1n) is 9.70. The van der Waals surface area contributed by atoms with Crippen molar-refractivity contribution < 1.29 is 19.3 Å². The maximum absolute atomic E-state index is 11.9. The van der Waals surface area contributed by atoms with Gasteiger partial charge in [0.15, 0.2) is 18.9 Å². The van der Waals surface area contributed by atoms with Gasteiger partial charge in [-0.1, -0.05) is 27.7 Å². The Balaban J connectivity index is 1.75. The smallest absolute Gasteiger partial charge is 0.352 e. The molecule has 1 fully saturated rings. The summed E-state index contributed by atoms with van der Waals surface area (Å²) in [7, 11) is 0. The van der Waals surface area contributed by atoms with Crippen LogP contribution in [0.25, 0.3) is 5.52 Å². The van der Waals surface area contributed by atoms with Crippen LogP contribution in [0.5, 0.6) is 0 Å². The number of nitrogens with zero attached hydrogens (tertiary/aromatic N) is 3. The Morgan fingerprint density at radius 2 is 2.07 bits per heavy atom. The minimum absolute atomic E-state index is 0.0124. The number of hydrogen-bond acceptors (Lipinski definition) is 3. The maximum Gasteiger partial charge on any atom is 0.352 e. The number of aromatic nitrogens is 2. The highest BCUT2D eigenvalue weighted by atomic mass is 32.2. The molecule has 1 N–H and O–H groups in total. The molecule has 2 aliphatic rings. The first-order chi connectivity index (χ1) is 13.3. The molecule has 4 rings (SSSR count). The molecular weight excluding hydrogens is 374 g/mol. The van der Waals surface area contributed by atoms with Crippen LogP contribution in [-0.2, 0) is 16.1 Å². The van der Waals surface area contributed by atoms with Gasteiger partial charge in [0.2, 0.25) is 5.91 Å². The molecule has 7 heteroatoms. The van der Waals surface area contributed by atoms with Crippen molar-refractivity contribution in [1.29, 1.82) is 0 Å². The first kappa shape index (κ1) is 19.1. The van der Waals surface area contributed by atoms with E-state index in [2.05, 4.69) is 50.6 Å². The molecule has 1 atom stereocenters. The largest absolute Gasteiger partial charge is 0.477 e. The Hall–Kier alpha value is -2.28. The molecule has 148 valence electrons. The van der Waals surface area contributed by atoms with Gasteiger partial charge in [0.05, 0.1) is 18.0 Å². The summed E-state index contributed by atoms with van der Waals surface area (Å²) in [5.41, 5.74) is 4.69. The Morgan fingerprint density at radius 3 is 2.68 bits per heavy atom. The summed E-state index contributed by atoms with van der Waals surface area (Å²) in [6.07, 6.45) is 6.59. The van der Waals surface area contributed by atoms with Crippen molar-refractivity contribution in [2.45, 2.75) is 57.9 Å². The van der Waals surface area contributed by atoms with Crippen LogP contribution in [-0.4, -0.2) is 37.4 Å². The molecule has 0 aromatic carbocycles. The van der Waals surface area contributed by atoms with Crippen molar-refractivity contribution in [3.63, 3.8) is 0 Å². The van der Waals surface area contributed by atoms with Gasteiger partial charge < -0.3 is 9.51 Å². The Bertz CT molecular complexity index is 1010. The molecule has 0 bridgehead atoms. The number of fused-ring (bicyclic) bond motifs is 2. The van der Waals surface area contributed by atoms with Gasteiger partial charge in [-0.15, -0.1) is 11.8 Å². The zero-order valence-electron chi connectivity index (χ0n) is 16.7. The van der Waals surface area contributed by atoms with Crippen molar-refractivity contribution in [2.75, 3.05) is 5.75 Å². The van der Waals surface area contributed by atoms with Crippen molar-refractivity contribution in [2.24, 2.45) is 0 Å². The number of thioether (sulfide) groups is 1. The summed E-state index contributed by atoms with van der Waals surface area (Å²) in [6, 6.07) is 2.27. The van der Waals surface area contributed by atoms with E-state index in [0.717, 1.165) is 11.1 Å². The Labute approximate surface area is 168 Å². The second-order valence-corrected chi connectivity index (χ2v) is 9.35. The molecule has 0 spiro atoms. The normalized spacial score (nSPS) is 19.6. The number of β-lactam (4-membered cyclic amide) rings is 1. The van der Waals surface area contributed by atoms with E-state index in [1.165, 1.54) is 16.2 Å². The highest BCUT2D eigenvalue weighted by Crippen LogP contribution is 2.40. The highest BCUT2D eigenvalue weighted by Gasteiger charge is 2.45. The minimum atomic E-state index is -1.01. The monoisotopic (exact) mass is 400 g/mol. The molecule has 0 radical (unpaired) electrons. The standard InChI is InChI=1S/C21H25N3O3S/c1-12(2)15-7-16(13(3)4)23-6-5-22(10-17(15)23)9-14-11-28-19-8-18(25)24(19)20(14)21(26)27/h5-7,10,12-13,19H,8-9,11H2,1-4H3/p+1/t19-/m1/s1. The molecule has 2 aliphatic heterocycles. The van der Waals surface area contributed by atoms with E-state index in [4.69, 9.17) is 0 Å². The third-order valence-corrected chi connectivity index (χ3v) is 6.83. The lowest BCUT2D eigenvalue weighted by atomic mass is 10.0. The van der Waals surface area contributed by atoms with Gasteiger partial charge in [0.25, 0.3) is 0 Å². The molecule has 4 heterocycles. The number of carboxylic acid groups (broad SMARTS) is 1. The van der Waals surface area contributed by atoms with Crippen molar-refractivity contribution in [3.05, 3.63) is 47.2 Å². The summed E-state index contributed by atoms with van der Waals surface area (Å²) < 4.78 is 4.27. The number of aliphatic carboxylic acids is 1.